The van der Waals surface area contributed by atoms with Crippen LogP contribution in [0.3, 0.4) is 0 Å². The summed E-state index contributed by atoms with van der Waals surface area (Å²) in [6.45, 7) is 2.08. The smallest absolute Gasteiger partial charge is 0.241 e. The van der Waals surface area contributed by atoms with E-state index in [0.29, 0.717) is 13.0 Å². The summed E-state index contributed by atoms with van der Waals surface area (Å²) >= 11 is 0. The van der Waals surface area contributed by atoms with Gasteiger partial charge in [-0.25, -0.2) is 9.67 Å². The summed E-state index contributed by atoms with van der Waals surface area (Å²) in [4.78, 5) is 28.8. The van der Waals surface area contributed by atoms with Gasteiger partial charge >= 0.3 is 0 Å². The van der Waals surface area contributed by atoms with Crippen LogP contribution in [0.5, 0.6) is 0 Å². The third-order valence-corrected chi connectivity index (χ3v) is 2.98. The molecule has 1 aliphatic heterocycles. The van der Waals surface area contributed by atoms with Gasteiger partial charge in [0.1, 0.15) is 12.9 Å². The number of hydrogen-bond donors (Lipinski definition) is 2. The van der Waals surface area contributed by atoms with Crippen LogP contribution in [0.15, 0.2) is 6.33 Å². The zero-order valence-electron chi connectivity index (χ0n) is 10.7. The Balaban J connectivity index is 1.65. The molecule has 2 rings (SSSR count). The van der Waals surface area contributed by atoms with Crippen molar-refractivity contribution in [2.75, 3.05) is 25.4 Å². The molecule has 0 bridgehead atoms. The molecule has 2 amide bonds. The Morgan fingerprint density at radius 2 is 2.11 bits per heavy atom. The molecule has 1 aromatic rings. The Morgan fingerprint density at radius 1 is 1.37 bits per heavy atom. The van der Waals surface area contributed by atoms with Crippen molar-refractivity contribution in [2.45, 2.75) is 25.8 Å². The number of aromatic nitrogens is 3. The molecule has 8 heteroatoms. The Morgan fingerprint density at radius 3 is 2.74 bits per heavy atom. The predicted molar refractivity (Wildman–Crippen MR) is 67.9 cm³/mol. The minimum atomic E-state index is -0.209. The fourth-order valence-corrected chi connectivity index (χ4v) is 2.02. The summed E-state index contributed by atoms with van der Waals surface area (Å²) in [5.41, 5.74) is 5.34. The number of rotatable bonds is 5. The van der Waals surface area contributed by atoms with Gasteiger partial charge in [0.25, 0.3) is 0 Å². The van der Waals surface area contributed by atoms with Crippen LogP contribution < -0.4 is 11.1 Å². The first-order chi connectivity index (χ1) is 9.15. The third kappa shape index (κ3) is 3.94. The van der Waals surface area contributed by atoms with Crippen molar-refractivity contribution in [1.82, 2.24) is 25.0 Å². The molecule has 1 fully saturated rings. The van der Waals surface area contributed by atoms with Crippen molar-refractivity contribution >= 4 is 17.8 Å². The molecule has 0 aromatic carbocycles. The number of carbonyl (C=O) groups excluding carboxylic acids is 2. The molecule has 0 spiro atoms. The summed E-state index contributed by atoms with van der Waals surface area (Å²) in [5.74, 6) is 0.0268. The molecule has 1 saturated heterocycles. The number of amides is 2. The Kier molecular flexibility index (Phi) is 4.32. The predicted octanol–water partition coefficient (Wildman–Crippen LogP) is -1.01. The van der Waals surface area contributed by atoms with E-state index in [4.69, 9.17) is 5.73 Å². The first kappa shape index (κ1) is 13.3. The Hall–Kier alpha value is -2.12. The van der Waals surface area contributed by atoms with Gasteiger partial charge in [-0.1, -0.05) is 0 Å². The lowest BCUT2D eigenvalue weighted by molar-refractivity contribution is -0.130. The lowest BCUT2D eigenvalue weighted by Gasteiger charge is -2.15. The number of nitrogen functional groups attached to an aromatic ring is 1. The fourth-order valence-electron chi connectivity index (χ4n) is 2.02. The highest BCUT2D eigenvalue weighted by Gasteiger charge is 2.17. The van der Waals surface area contributed by atoms with Crippen LogP contribution in [0.2, 0.25) is 0 Å². The molecule has 0 aliphatic carbocycles. The highest BCUT2D eigenvalue weighted by atomic mass is 16.2. The highest BCUT2D eigenvalue weighted by molar-refractivity contribution is 5.79. The molecule has 8 nitrogen and oxygen atoms in total. The van der Waals surface area contributed by atoms with Crippen LogP contribution in [0.4, 0.5) is 5.95 Å². The van der Waals surface area contributed by atoms with Gasteiger partial charge in [-0.15, -0.1) is 5.10 Å². The fraction of sp³-hybridized carbons (Fsp3) is 0.636. The maximum Gasteiger partial charge on any atom is 0.241 e. The monoisotopic (exact) mass is 266 g/mol. The van der Waals surface area contributed by atoms with E-state index in [0.717, 1.165) is 25.9 Å². The molecule has 0 atom stereocenters. The van der Waals surface area contributed by atoms with Gasteiger partial charge < -0.3 is 16.0 Å². The lowest BCUT2D eigenvalue weighted by Crippen LogP contribution is -2.34. The maximum atomic E-state index is 11.7. The van der Waals surface area contributed by atoms with Crippen LogP contribution in [0.25, 0.3) is 0 Å². The molecule has 3 N–H and O–H groups in total. The second-order valence-corrected chi connectivity index (χ2v) is 4.49. The molecule has 104 valence electrons. The second kappa shape index (κ2) is 6.17. The number of likely N-dealkylation sites (tertiary alicyclic amines) is 1. The van der Waals surface area contributed by atoms with E-state index in [-0.39, 0.29) is 24.3 Å². The third-order valence-electron chi connectivity index (χ3n) is 2.98. The van der Waals surface area contributed by atoms with Crippen LogP contribution >= 0.6 is 0 Å². The van der Waals surface area contributed by atoms with Crippen LogP contribution in [0.1, 0.15) is 19.3 Å². The summed E-state index contributed by atoms with van der Waals surface area (Å²) in [6, 6.07) is 0. The van der Waals surface area contributed by atoms with Gasteiger partial charge in [0.2, 0.25) is 17.8 Å². The van der Waals surface area contributed by atoms with E-state index in [9.17, 15) is 9.59 Å². The zero-order chi connectivity index (χ0) is 13.7. The van der Waals surface area contributed by atoms with E-state index in [1.54, 1.807) is 0 Å². The molecule has 19 heavy (non-hydrogen) atoms. The summed E-state index contributed by atoms with van der Waals surface area (Å²) in [6.07, 6.45) is 3.88. The molecule has 1 aromatic heterocycles. The summed E-state index contributed by atoms with van der Waals surface area (Å²) in [7, 11) is 0. The standard InChI is InChI=1S/C11H18N6O2/c12-11-14-8-17(15-11)7-9(18)13-4-3-10(19)16-5-1-2-6-16/h8H,1-7H2,(H2,12,15)(H,13,18). The summed E-state index contributed by atoms with van der Waals surface area (Å²) in [5, 5.41) is 6.48. The van der Waals surface area contributed by atoms with Crippen LogP contribution in [0, 0.1) is 0 Å². The van der Waals surface area contributed by atoms with E-state index in [1.807, 2.05) is 4.90 Å². The SMILES string of the molecule is Nc1ncn(CC(=O)NCCC(=O)N2CCCC2)n1. The van der Waals surface area contributed by atoms with Crippen LogP contribution in [-0.4, -0.2) is 51.1 Å². The average molecular weight is 266 g/mol. The molecule has 2 heterocycles. The largest absolute Gasteiger partial charge is 0.367 e. The number of anilines is 1. The first-order valence-corrected chi connectivity index (χ1v) is 6.34. The first-order valence-electron chi connectivity index (χ1n) is 6.34. The normalized spacial score (nSPS) is 14.6. The quantitative estimate of drug-likeness (QED) is 0.710. The zero-order valence-corrected chi connectivity index (χ0v) is 10.7. The molecule has 1 aliphatic rings. The van der Waals surface area contributed by atoms with Crippen molar-refractivity contribution in [3.05, 3.63) is 6.33 Å². The molecule has 0 radical (unpaired) electrons. The van der Waals surface area contributed by atoms with E-state index >= 15 is 0 Å². The maximum absolute atomic E-state index is 11.7. The van der Waals surface area contributed by atoms with Gasteiger partial charge in [-0.2, -0.15) is 0 Å². The van der Waals surface area contributed by atoms with Crippen LogP contribution in [-0.2, 0) is 16.1 Å². The van der Waals surface area contributed by atoms with E-state index < -0.39 is 0 Å². The minimum Gasteiger partial charge on any atom is -0.367 e. The van der Waals surface area contributed by atoms with Gasteiger partial charge in [0.15, 0.2) is 0 Å². The van der Waals surface area contributed by atoms with Crippen molar-refractivity contribution < 1.29 is 9.59 Å². The van der Waals surface area contributed by atoms with Crippen molar-refractivity contribution in [1.29, 1.82) is 0 Å². The van der Waals surface area contributed by atoms with E-state index in [2.05, 4.69) is 15.4 Å². The number of nitrogens with zero attached hydrogens (tertiary/aromatic N) is 4. The van der Waals surface area contributed by atoms with Gasteiger partial charge in [-0.3, -0.25) is 9.59 Å². The number of nitrogens with one attached hydrogen (secondary N) is 1. The number of carbonyl (C=O) groups is 2. The number of hydrogen-bond acceptors (Lipinski definition) is 5. The molecular weight excluding hydrogens is 248 g/mol. The Labute approximate surface area is 111 Å². The van der Waals surface area contributed by atoms with Gasteiger partial charge in [-0.05, 0) is 12.8 Å². The molecular formula is C11H18N6O2. The topological polar surface area (TPSA) is 106 Å². The van der Waals surface area contributed by atoms with E-state index in [1.165, 1.54) is 11.0 Å². The highest BCUT2D eigenvalue weighted by Crippen LogP contribution is 2.08. The lowest BCUT2D eigenvalue weighted by atomic mass is 10.3. The Bertz CT molecular complexity index is 452. The second-order valence-electron chi connectivity index (χ2n) is 4.49. The number of nitrogens with two attached hydrogens (primary N) is 1. The summed E-state index contributed by atoms with van der Waals surface area (Å²) < 4.78 is 1.35. The average Bonchev–Trinajstić information content (AvgIpc) is 3.00. The van der Waals surface area contributed by atoms with Crippen molar-refractivity contribution in [2.24, 2.45) is 0 Å². The molecule has 0 unspecified atom stereocenters. The van der Waals surface area contributed by atoms with Gasteiger partial charge in [0.05, 0.1) is 0 Å². The van der Waals surface area contributed by atoms with Gasteiger partial charge in [0, 0.05) is 26.1 Å². The van der Waals surface area contributed by atoms with Crippen molar-refractivity contribution in [3.8, 4) is 0 Å². The van der Waals surface area contributed by atoms with Crippen molar-refractivity contribution in [3.63, 3.8) is 0 Å². The molecule has 0 saturated carbocycles. The minimum absolute atomic E-state index is 0.0576.